The minimum Gasteiger partial charge on any atom is -0.358 e. The van der Waals surface area contributed by atoms with E-state index in [4.69, 9.17) is 5.73 Å². The molecule has 0 saturated heterocycles. The number of hydrogen-bond acceptors (Lipinski definition) is 4. The second kappa shape index (κ2) is 4.13. The van der Waals surface area contributed by atoms with Crippen molar-refractivity contribution in [2.75, 3.05) is 0 Å². The lowest BCUT2D eigenvalue weighted by molar-refractivity contribution is -0.389. The van der Waals surface area contributed by atoms with Gasteiger partial charge in [0.1, 0.15) is 5.56 Å². The van der Waals surface area contributed by atoms with Gasteiger partial charge in [-0.2, -0.15) is 0 Å². The Morgan fingerprint density at radius 3 is 2.60 bits per heavy atom. The van der Waals surface area contributed by atoms with Crippen molar-refractivity contribution in [2.24, 2.45) is 5.73 Å². The molecule has 3 N–H and O–H groups in total. The fourth-order valence-corrected chi connectivity index (χ4v) is 1.11. The molecular weight excluding hydrogens is 212 g/mol. The molecule has 0 saturated carbocycles. The number of rotatable bonds is 3. The molecule has 6 nitrogen and oxygen atoms in total. The van der Waals surface area contributed by atoms with Gasteiger partial charge in [-0.05, 0) is 10.5 Å². The lowest BCUT2D eigenvalue weighted by Gasteiger charge is -2.04. The molecule has 0 atom stereocenters. The third-order valence-electron chi connectivity index (χ3n) is 1.78. The first-order valence-electron chi connectivity index (χ1n) is 3.86. The third-order valence-corrected chi connectivity index (χ3v) is 1.78. The molecule has 0 aliphatic rings. The molecule has 0 spiro atoms. The van der Waals surface area contributed by atoms with E-state index in [0.29, 0.717) is 0 Å². The Balaban J connectivity index is 3.44. The number of hydrogen-bond donors (Lipinski definition) is 2. The fourth-order valence-electron chi connectivity index (χ4n) is 1.11. The van der Waals surface area contributed by atoms with Gasteiger partial charge in [0.2, 0.25) is 0 Å². The Morgan fingerprint density at radius 1 is 1.60 bits per heavy atom. The van der Waals surface area contributed by atoms with E-state index in [1.54, 1.807) is 4.98 Å². The highest BCUT2D eigenvalue weighted by Crippen LogP contribution is 2.20. The molecule has 1 aromatic heterocycles. The first-order chi connectivity index (χ1) is 6.97. The Kier molecular flexibility index (Phi) is 3.10. The van der Waals surface area contributed by atoms with Crippen LogP contribution < -0.4 is 11.3 Å². The van der Waals surface area contributed by atoms with Gasteiger partial charge in [0.25, 0.3) is 6.43 Å². The molecule has 0 unspecified atom stereocenters. The molecule has 0 aromatic carbocycles. The quantitative estimate of drug-likeness (QED) is 0.576. The zero-order chi connectivity index (χ0) is 11.6. The van der Waals surface area contributed by atoms with E-state index in [0.717, 1.165) is 6.07 Å². The van der Waals surface area contributed by atoms with Gasteiger partial charge in [-0.15, -0.1) is 0 Å². The van der Waals surface area contributed by atoms with Crippen molar-refractivity contribution in [2.45, 2.75) is 13.0 Å². The molecule has 82 valence electrons. The smallest absolute Gasteiger partial charge is 0.341 e. The standard InChI is InChI=1S/C7H7F2N3O3/c8-6(9)5-3(2-10)1-4(12(14)15)11-7(5)13/h1,6H,2,10H2,(H,11,13). The molecule has 8 heteroatoms. The molecule has 1 rings (SSSR count). The fraction of sp³-hybridized carbons (Fsp3) is 0.286. The minimum atomic E-state index is -3.01. The summed E-state index contributed by atoms with van der Waals surface area (Å²) in [5, 5.41) is 10.3. The van der Waals surface area contributed by atoms with Crippen LogP contribution in [-0.4, -0.2) is 9.91 Å². The Labute approximate surface area is 81.9 Å². The van der Waals surface area contributed by atoms with Crippen LogP contribution in [0, 0.1) is 10.1 Å². The summed E-state index contributed by atoms with van der Waals surface area (Å²) < 4.78 is 24.7. The van der Waals surface area contributed by atoms with Gasteiger partial charge < -0.3 is 15.8 Å². The molecule has 0 amide bonds. The normalized spacial score (nSPS) is 10.7. The summed E-state index contributed by atoms with van der Waals surface area (Å²) >= 11 is 0. The largest absolute Gasteiger partial charge is 0.358 e. The van der Waals surface area contributed by atoms with Gasteiger partial charge in [0.05, 0.1) is 0 Å². The summed E-state index contributed by atoms with van der Waals surface area (Å²) in [4.78, 5) is 22.2. The number of nitrogens with two attached hydrogens (primary N) is 1. The minimum absolute atomic E-state index is 0.222. The van der Waals surface area contributed by atoms with Crippen LogP contribution in [-0.2, 0) is 6.54 Å². The summed E-state index contributed by atoms with van der Waals surface area (Å²) in [5.41, 5.74) is 2.90. The van der Waals surface area contributed by atoms with Crippen LogP contribution >= 0.6 is 0 Å². The molecule has 0 fully saturated rings. The number of H-pyrrole nitrogens is 1. The van der Waals surface area contributed by atoms with E-state index < -0.39 is 28.3 Å². The lowest BCUT2D eigenvalue weighted by atomic mass is 10.1. The van der Waals surface area contributed by atoms with Gasteiger partial charge in [-0.1, -0.05) is 0 Å². The highest BCUT2D eigenvalue weighted by molar-refractivity contribution is 5.33. The number of aromatic nitrogens is 1. The van der Waals surface area contributed by atoms with Crippen LogP contribution in [0.3, 0.4) is 0 Å². The van der Waals surface area contributed by atoms with Crippen molar-refractivity contribution >= 4 is 5.82 Å². The molecule has 0 bridgehead atoms. The first-order valence-corrected chi connectivity index (χ1v) is 3.86. The maximum Gasteiger partial charge on any atom is 0.341 e. The molecule has 15 heavy (non-hydrogen) atoms. The molecule has 0 radical (unpaired) electrons. The van der Waals surface area contributed by atoms with E-state index >= 15 is 0 Å². The van der Waals surface area contributed by atoms with Crippen molar-refractivity contribution in [3.63, 3.8) is 0 Å². The molecule has 1 aromatic rings. The maximum atomic E-state index is 12.4. The van der Waals surface area contributed by atoms with E-state index in [1.165, 1.54) is 0 Å². The van der Waals surface area contributed by atoms with E-state index in [2.05, 4.69) is 0 Å². The van der Waals surface area contributed by atoms with Gasteiger partial charge >= 0.3 is 11.4 Å². The second-order valence-corrected chi connectivity index (χ2v) is 2.68. The van der Waals surface area contributed by atoms with E-state index in [9.17, 15) is 23.7 Å². The van der Waals surface area contributed by atoms with Crippen molar-refractivity contribution in [1.29, 1.82) is 0 Å². The lowest BCUT2D eigenvalue weighted by Crippen LogP contribution is -2.19. The van der Waals surface area contributed by atoms with Gasteiger partial charge in [-0.25, -0.2) is 18.6 Å². The zero-order valence-electron chi connectivity index (χ0n) is 7.37. The maximum absolute atomic E-state index is 12.4. The predicted octanol–water partition coefficient (Wildman–Crippen LogP) is 0.679. The van der Waals surface area contributed by atoms with Gasteiger partial charge in [-0.3, -0.25) is 0 Å². The van der Waals surface area contributed by atoms with E-state index in [1.807, 2.05) is 0 Å². The summed E-state index contributed by atoms with van der Waals surface area (Å²) in [6, 6.07) is 0.836. The average molecular weight is 219 g/mol. The number of nitrogens with zero attached hydrogens (tertiary/aromatic N) is 1. The highest BCUT2D eigenvalue weighted by atomic mass is 19.3. The van der Waals surface area contributed by atoms with Crippen molar-refractivity contribution < 1.29 is 13.7 Å². The number of halogens is 2. The summed E-state index contributed by atoms with van der Waals surface area (Å²) in [6.07, 6.45) is -3.01. The average Bonchev–Trinajstić information content (AvgIpc) is 2.15. The van der Waals surface area contributed by atoms with Crippen LogP contribution in [0.4, 0.5) is 14.6 Å². The van der Waals surface area contributed by atoms with Crippen molar-refractivity contribution in [1.82, 2.24) is 4.98 Å². The second-order valence-electron chi connectivity index (χ2n) is 2.68. The number of pyridine rings is 1. The van der Waals surface area contributed by atoms with E-state index in [-0.39, 0.29) is 12.1 Å². The van der Waals surface area contributed by atoms with Crippen LogP contribution in [0.15, 0.2) is 10.9 Å². The van der Waals surface area contributed by atoms with Crippen LogP contribution in [0.1, 0.15) is 17.6 Å². The SMILES string of the molecule is NCc1cc([N+](=O)[O-])[nH]c(=O)c1C(F)F. The third kappa shape index (κ3) is 2.15. The summed E-state index contributed by atoms with van der Waals surface area (Å²) in [5.74, 6) is -0.648. The Morgan fingerprint density at radius 2 is 2.20 bits per heavy atom. The number of nitro groups is 1. The van der Waals surface area contributed by atoms with Gasteiger partial charge in [0, 0.05) is 12.6 Å². The topological polar surface area (TPSA) is 102 Å². The number of alkyl halides is 2. The van der Waals surface area contributed by atoms with Crippen LogP contribution in [0.25, 0.3) is 0 Å². The monoisotopic (exact) mass is 219 g/mol. The Hall–Kier alpha value is -1.83. The summed E-state index contributed by atoms with van der Waals surface area (Å²) in [6.45, 7) is -0.357. The predicted molar refractivity (Wildman–Crippen MR) is 46.6 cm³/mol. The number of aromatic amines is 1. The van der Waals surface area contributed by atoms with Gasteiger partial charge in [0.15, 0.2) is 0 Å². The van der Waals surface area contributed by atoms with Crippen LogP contribution in [0.2, 0.25) is 0 Å². The molecule has 0 aliphatic heterocycles. The molecular formula is C7H7F2N3O3. The number of nitrogens with one attached hydrogen (secondary N) is 1. The van der Waals surface area contributed by atoms with Crippen molar-refractivity contribution in [3.8, 4) is 0 Å². The molecule has 1 heterocycles. The first kappa shape index (κ1) is 11.2. The zero-order valence-corrected chi connectivity index (χ0v) is 7.37. The molecule has 0 aliphatic carbocycles. The summed E-state index contributed by atoms with van der Waals surface area (Å²) in [7, 11) is 0. The van der Waals surface area contributed by atoms with Crippen LogP contribution in [0.5, 0.6) is 0 Å². The van der Waals surface area contributed by atoms with Crippen molar-refractivity contribution in [3.05, 3.63) is 37.7 Å². The highest BCUT2D eigenvalue weighted by Gasteiger charge is 2.21. The Bertz CT molecular complexity index is 444.